The van der Waals surface area contributed by atoms with Crippen LogP contribution in [0, 0.1) is 11.6 Å². The van der Waals surface area contributed by atoms with E-state index in [1.807, 2.05) is 0 Å². The van der Waals surface area contributed by atoms with Gasteiger partial charge in [-0.15, -0.1) is 0 Å². The molecule has 1 aromatic rings. The standard InChI is InChI=1S/C10H10ClO3P/c1-13-15(12,14-2)8-7-9-3-5-10(11)6-4-9/h3-6H,1-2H3. The molecule has 0 aliphatic rings. The van der Waals surface area contributed by atoms with Gasteiger partial charge in [0.1, 0.15) is 0 Å². The Morgan fingerprint density at radius 3 is 2.20 bits per heavy atom. The topological polar surface area (TPSA) is 35.5 Å². The van der Waals surface area contributed by atoms with Crippen molar-refractivity contribution in [2.75, 3.05) is 14.2 Å². The number of hydrogen-bond donors (Lipinski definition) is 0. The Balaban J connectivity index is 2.90. The van der Waals surface area contributed by atoms with Crippen LogP contribution < -0.4 is 0 Å². The van der Waals surface area contributed by atoms with Gasteiger partial charge in [-0.2, -0.15) is 0 Å². The van der Waals surface area contributed by atoms with Crippen molar-refractivity contribution in [3.8, 4) is 11.6 Å². The summed E-state index contributed by atoms with van der Waals surface area (Å²) >= 11 is 5.70. The molecular weight excluding hydrogens is 235 g/mol. The summed E-state index contributed by atoms with van der Waals surface area (Å²) in [6.45, 7) is 0. The Bertz CT molecular complexity index is 422. The van der Waals surface area contributed by atoms with Crippen LogP contribution in [0.2, 0.25) is 5.02 Å². The van der Waals surface area contributed by atoms with Crippen LogP contribution in [-0.2, 0) is 13.6 Å². The second-order valence-electron chi connectivity index (χ2n) is 2.61. The van der Waals surface area contributed by atoms with Gasteiger partial charge in [-0.3, -0.25) is 0 Å². The lowest BCUT2D eigenvalue weighted by molar-refractivity contribution is 0.288. The minimum absolute atomic E-state index is 0.627. The fourth-order valence-corrected chi connectivity index (χ4v) is 1.56. The second kappa shape index (κ2) is 5.34. The number of rotatable bonds is 2. The molecule has 0 aromatic heterocycles. The average Bonchev–Trinajstić information content (AvgIpc) is 2.28. The van der Waals surface area contributed by atoms with E-state index in [0.717, 1.165) is 0 Å². The zero-order valence-electron chi connectivity index (χ0n) is 8.36. The van der Waals surface area contributed by atoms with Crippen LogP contribution in [0.1, 0.15) is 5.56 Å². The fourth-order valence-electron chi connectivity index (χ4n) is 0.832. The van der Waals surface area contributed by atoms with Gasteiger partial charge in [0.05, 0.1) is 0 Å². The van der Waals surface area contributed by atoms with Gasteiger partial charge >= 0.3 is 7.60 Å². The third-order valence-electron chi connectivity index (χ3n) is 1.66. The van der Waals surface area contributed by atoms with Crippen LogP contribution in [0.25, 0.3) is 0 Å². The highest BCUT2D eigenvalue weighted by molar-refractivity contribution is 7.59. The Kier molecular flexibility index (Phi) is 4.38. The first-order valence-corrected chi connectivity index (χ1v) is 6.02. The molecule has 3 nitrogen and oxygen atoms in total. The minimum atomic E-state index is -3.25. The largest absolute Gasteiger partial charge is 0.405 e. The molecule has 0 radical (unpaired) electrons. The highest BCUT2D eigenvalue weighted by Gasteiger charge is 2.16. The van der Waals surface area contributed by atoms with Gasteiger partial charge in [0, 0.05) is 30.5 Å². The quantitative estimate of drug-likeness (QED) is 0.592. The molecule has 1 rings (SSSR count). The van der Waals surface area contributed by atoms with Crippen molar-refractivity contribution in [1.82, 2.24) is 0 Å². The first-order chi connectivity index (χ1) is 7.09. The van der Waals surface area contributed by atoms with Crippen molar-refractivity contribution >= 4 is 19.2 Å². The average molecular weight is 245 g/mol. The van der Waals surface area contributed by atoms with E-state index in [9.17, 15) is 4.57 Å². The minimum Gasteiger partial charge on any atom is -0.303 e. The zero-order chi connectivity index (χ0) is 11.3. The van der Waals surface area contributed by atoms with Crippen molar-refractivity contribution in [1.29, 1.82) is 0 Å². The molecule has 0 saturated heterocycles. The summed E-state index contributed by atoms with van der Waals surface area (Å²) in [5.74, 6) is 2.69. The van der Waals surface area contributed by atoms with Crippen molar-refractivity contribution in [3.63, 3.8) is 0 Å². The number of halogens is 1. The Hall–Kier alpha value is -0.780. The lowest BCUT2D eigenvalue weighted by Gasteiger charge is -2.04. The van der Waals surface area contributed by atoms with E-state index >= 15 is 0 Å². The first-order valence-electron chi connectivity index (χ1n) is 4.10. The Morgan fingerprint density at radius 1 is 1.20 bits per heavy atom. The van der Waals surface area contributed by atoms with E-state index in [-0.39, 0.29) is 0 Å². The maximum absolute atomic E-state index is 11.5. The molecule has 0 aliphatic carbocycles. The third-order valence-corrected chi connectivity index (χ3v) is 3.26. The van der Waals surface area contributed by atoms with Gasteiger partial charge in [-0.05, 0) is 24.3 Å². The van der Waals surface area contributed by atoms with Gasteiger partial charge in [0.2, 0.25) is 0 Å². The third kappa shape index (κ3) is 3.70. The molecule has 0 heterocycles. The molecular formula is C10H10ClO3P. The summed E-state index contributed by atoms with van der Waals surface area (Å²) in [7, 11) is -0.668. The highest BCUT2D eigenvalue weighted by Crippen LogP contribution is 2.44. The highest BCUT2D eigenvalue weighted by atomic mass is 35.5. The van der Waals surface area contributed by atoms with E-state index in [4.69, 9.17) is 11.6 Å². The van der Waals surface area contributed by atoms with Crippen LogP contribution >= 0.6 is 19.2 Å². The van der Waals surface area contributed by atoms with Gasteiger partial charge in [-0.1, -0.05) is 17.5 Å². The Morgan fingerprint density at radius 2 is 1.73 bits per heavy atom. The molecule has 5 heteroatoms. The van der Waals surface area contributed by atoms with E-state index in [1.54, 1.807) is 24.3 Å². The van der Waals surface area contributed by atoms with E-state index in [1.165, 1.54) is 14.2 Å². The SMILES string of the molecule is COP(=O)(C#Cc1ccc(Cl)cc1)OC. The first kappa shape index (κ1) is 12.3. The summed E-state index contributed by atoms with van der Waals surface area (Å²) in [6, 6.07) is 6.86. The smallest absolute Gasteiger partial charge is 0.303 e. The van der Waals surface area contributed by atoms with Crippen LogP contribution in [-0.4, -0.2) is 14.2 Å². The molecule has 0 fully saturated rings. The van der Waals surface area contributed by atoms with Gasteiger partial charge in [-0.25, -0.2) is 4.57 Å². The molecule has 0 bridgehead atoms. The molecule has 0 amide bonds. The van der Waals surface area contributed by atoms with Crippen LogP contribution in [0.4, 0.5) is 0 Å². The summed E-state index contributed by atoms with van der Waals surface area (Å²) < 4.78 is 20.9. The van der Waals surface area contributed by atoms with E-state index in [2.05, 4.69) is 20.6 Å². The second-order valence-corrected chi connectivity index (χ2v) is 4.99. The molecule has 0 spiro atoms. The van der Waals surface area contributed by atoms with Crippen molar-refractivity contribution in [2.45, 2.75) is 0 Å². The van der Waals surface area contributed by atoms with Gasteiger partial charge in [0.25, 0.3) is 0 Å². The van der Waals surface area contributed by atoms with Crippen LogP contribution in [0.15, 0.2) is 24.3 Å². The lowest BCUT2D eigenvalue weighted by Crippen LogP contribution is -1.84. The summed E-state index contributed by atoms with van der Waals surface area (Å²) in [5.41, 5.74) is 3.15. The molecule has 0 saturated carbocycles. The van der Waals surface area contributed by atoms with Crippen molar-refractivity contribution < 1.29 is 13.6 Å². The molecule has 0 atom stereocenters. The molecule has 15 heavy (non-hydrogen) atoms. The monoisotopic (exact) mass is 244 g/mol. The maximum Gasteiger partial charge on any atom is 0.405 e. The molecule has 0 N–H and O–H groups in total. The Labute approximate surface area is 93.9 Å². The van der Waals surface area contributed by atoms with Crippen LogP contribution in [0.5, 0.6) is 0 Å². The van der Waals surface area contributed by atoms with Crippen molar-refractivity contribution in [3.05, 3.63) is 34.9 Å². The number of benzene rings is 1. The van der Waals surface area contributed by atoms with Crippen molar-refractivity contribution in [2.24, 2.45) is 0 Å². The van der Waals surface area contributed by atoms with Crippen LogP contribution in [0.3, 0.4) is 0 Å². The molecule has 1 aromatic carbocycles. The summed E-state index contributed by atoms with van der Waals surface area (Å²) in [4.78, 5) is 0. The fraction of sp³-hybridized carbons (Fsp3) is 0.200. The summed E-state index contributed by atoms with van der Waals surface area (Å²) in [5, 5.41) is 0.627. The normalized spacial score (nSPS) is 10.6. The number of hydrogen-bond acceptors (Lipinski definition) is 3. The summed E-state index contributed by atoms with van der Waals surface area (Å²) in [6.07, 6.45) is 0. The molecule has 0 unspecified atom stereocenters. The zero-order valence-corrected chi connectivity index (χ0v) is 10.0. The lowest BCUT2D eigenvalue weighted by atomic mass is 10.2. The van der Waals surface area contributed by atoms with E-state index < -0.39 is 7.60 Å². The molecule has 0 aliphatic heterocycles. The maximum atomic E-state index is 11.5. The van der Waals surface area contributed by atoms with Gasteiger partial charge in [0.15, 0.2) is 0 Å². The predicted octanol–water partition coefficient (Wildman–Crippen LogP) is 3.13. The molecule has 80 valence electrons. The van der Waals surface area contributed by atoms with E-state index in [0.29, 0.717) is 10.6 Å². The van der Waals surface area contributed by atoms with Gasteiger partial charge < -0.3 is 9.05 Å². The predicted molar refractivity (Wildman–Crippen MR) is 60.0 cm³/mol.